The molecule has 6 heteroatoms. The van der Waals surface area contributed by atoms with E-state index < -0.39 is 18.2 Å². The summed E-state index contributed by atoms with van der Waals surface area (Å²) in [4.78, 5) is 25.4. The number of rotatable bonds is 4. The standard InChI is InChI=1S/C9H11N3O3/c10-8(13)5-9(14)12(15)6-7-3-1-2-4-11-7/h1-4,15H,5-6H2,(H2,10,13). The highest BCUT2D eigenvalue weighted by molar-refractivity contribution is 5.95. The van der Waals surface area contributed by atoms with Gasteiger partial charge in [0.2, 0.25) is 5.91 Å². The largest absolute Gasteiger partial charge is 0.369 e. The summed E-state index contributed by atoms with van der Waals surface area (Å²) in [6.07, 6.45) is 1.03. The maximum atomic E-state index is 11.1. The van der Waals surface area contributed by atoms with Crippen LogP contribution in [0.5, 0.6) is 0 Å². The number of hydrogen-bond donors (Lipinski definition) is 2. The minimum absolute atomic E-state index is 0.0625. The van der Waals surface area contributed by atoms with E-state index in [1.165, 1.54) is 0 Å². The molecule has 0 unspecified atom stereocenters. The first kappa shape index (κ1) is 11.1. The Kier molecular flexibility index (Phi) is 3.75. The van der Waals surface area contributed by atoms with Crippen LogP contribution in [0.3, 0.4) is 0 Å². The molecule has 3 N–H and O–H groups in total. The zero-order valence-corrected chi connectivity index (χ0v) is 7.96. The van der Waals surface area contributed by atoms with E-state index in [1.807, 2.05) is 0 Å². The predicted molar refractivity (Wildman–Crippen MR) is 50.4 cm³/mol. The lowest BCUT2D eigenvalue weighted by Crippen LogP contribution is -2.31. The van der Waals surface area contributed by atoms with Gasteiger partial charge in [0.25, 0.3) is 5.91 Å². The highest BCUT2D eigenvalue weighted by Crippen LogP contribution is 2.00. The van der Waals surface area contributed by atoms with Crippen LogP contribution < -0.4 is 5.73 Å². The molecule has 1 rings (SSSR count). The first-order valence-corrected chi connectivity index (χ1v) is 4.27. The first-order chi connectivity index (χ1) is 7.09. The Morgan fingerprint density at radius 2 is 2.20 bits per heavy atom. The second kappa shape index (κ2) is 5.06. The smallest absolute Gasteiger partial charge is 0.255 e. The number of primary amides is 1. The molecule has 0 saturated carbocycles. The molecule has 15 heavy (non-hydrogen) atoms. The summed E-state index contributed by atoms with van der Waals surface area (Å²) in [5.74, 6) is -1.52. The van der Waals surface area contributed by atoms with Crippen molar-refractivity contribution in [3.63, 3.8) is 0 Å². The van der Waals surface area contributed by atoms with Crippen LogP contribution in [0.1, 0.15) is 12.1 Å². The Morgan fingerprint density at radius 3 is 2.73 bits per heavy atom. The van der Waals surface area contributed by atoms with Gasteiger partial charge in [0, 0.05) is 6.20 Å². The lowest BCUT2D eigenvalue weighted by Gasteiger charge is -2.13. The van der Waals surface area contributed by atoms with E-state index in [4.69, 9.17) is 5.73 Å². The Bertz CT molecular complexity index is 353. The molecule has 1 aromatic heterocycles. The number of nitrogens with zero attached hydrogens (tertiary/aromatic N) is 2. The molecule has 0 radical (unpaired) electrons. The summed E-state index contributed by atoms with van der Waals surface area (Å²) in [6, 6.07) is 5.10. The highest BCUT2D eigenvalue weighted by atomic mass is 16.5. The molecule has 2 amide bonds. The van der Waals surface area contributed by atoms with Crippen LogP contribution in [0.25, 0.3) is 0 Å². The molecule has 0 aliphatic rings. The summed E-state index contributed by atoms with van der Waals surface area (Å²) in [5, 5.41) is 9.68. The first-order valence-electron chi connectivity index (χ1n) is 4.27. The van der Waals surface area contributed by atoms with Crippen molar-refractivity contribution < 1.29 is 14.8 Å². The zero-order chi connectivity index (χ0) is 11.3. The molecule has 0 fully saturated rings. The van der Waals surface area contributed by atoms with Crippen molar-refractivity contribution in [2.75, 3.05) is 0 Å². The average molecular weight is 209 g/mol. The normalized spacial score (nSPS) is 9.67. The van der Waals surface area contributed by atoms with Gasteiger partial charge in [-0.15, -0.1) is 0 Å². The van der Waals surface area contributed by atoms with Crippen LogP contribution in [0.2, 0.25) is 0 Å². The van der Waals surface area contributed by atoms with E-state index in [2.05, 4.69) is 4.98 Å². The van der Waals surface area contributed by atoms with E-state index >= 15 is 0 Å². The van der Waals surface area contributed by atoms with Crippen LogP contribution in [-0.2, 0) is 16.1 Å². The number of pyridine rings is 1. The van der Waals surface area contributed by atoms with Crippen LogP contribution in [-0.4, -0.2) is 27.1 Å². The topological polar surface area (TPSA) is 96.5 Å². The Balaban J connectivity index is 2.52. The van der Waals surface area contributed by atoms with Gasteiger partial charge in [0.15, 0.2) is 0 Å². The number of nitrogens with two attached hydrogens (primary N) is 1. The van der Waals surface area contributed by atoms with Gasteiger partial charge in [-0.05, 0) is 12.1 Å². The maximum absolute atomic E-state index is 11.1. The molecular weight excluding hydrogens is 198 g/mol. The number of amides is 2. The molecule has 1 aromatic rings. The fourth-order valence-electron chi connectivity index (χ4n) is 0.974. The van der Waals surface area contributed by atoms with E-state index in [-0.39, 0.29) is 6.54 Å². The van der Waals surface area contributed by atoms with Crippen LogP contribution >= 0.6 is 0 Å². The number of hydrogen-bond acceptors (Lipinski definition) is 4. The minimum atomic E-state index is -0.778. The predicted octanol–water partition coefficient (Wildman–Crippen LogP) is -0.325. The van der Waals surface area contributed by atoms with Crippen molar-refractivity contribution in [1.82, 2.24) is 10.0 Å². The van der Waals surface area contributed by atoms with Crippen molar-refractivity contribution in [3.8, 4) is 0 Å². The van der Waals surface area contributed by atoms with Crippen molar-refractivity contribution in [3.05, 3.63) is 30.1 Å². The fraction of sp³-hybridized carbons (Fsp3) is 0.222. The fourth-order valence-corrected chi connectivity index (χ4v) is 0.974. The van der Waals surface area contributed by atoms with Gasteiger partial charge in [-0.2, -0.15) is 0 Å². The molecule has 0 saturated heterocycles. The minimum Gasteiger partial charge on any atom is -0.369 e. The third-order valence-corrected chi connectivity index (χ3v) is 1.65. The Morgan fingerprint density at radius 1 is 1.47 bits per heavy atom. The van der Waals surface area contributed by atoms with Gasteiger partial charge in [-0.3, -0.25) is 19.8 Å². The second-order valence-corrected chi connectivity index (χ2v) is 2.92. The van der Waals surface area contributed by atoms with Gasteiger partial charge in [-0.25, -0.2) is 5.06 Å². The molecule has 80 valence electrons. The van der Waals surface area contributed by atoms with Crippen molar-refractivity contribution in [1.29, 1.82) is 0 Å². The monoisotopic (exact) mass is 209 g/mol. The van der Waals surface area contributed by atoms with E-state index in [1.54, 1.807) is 24.4 Å². The maximum Gasteiger partial charge on any atom is 0.255 e. The third-order valence-electron chi connectivity index (χ3n) is 1.65. The molecule has 0 aliphatic heterocycles. The highest BCUT2D eigenvalue weighted by Gasteiger charge is 2.14. The van der Waals surface area contributed by atoms with Gasteiger partial charge in [0.1, 0.15) is 6.42 Å². The SMILES string of the molecule is NC(=O)CC(=O)N(O)Cc1ccccn1. The molecule has 0 aliphatic carbocycles. The van der Waals surface area contributed by atoms with Gasteiger partial charge >= 0.3 is 0 Å². The summed E-state index contributed by atoms with van der Waals surface area (Å²) < 4.78 is 0. The zero-order valence-electron chi connectivity index (χ0n) is 7.96. The number of hydroxylamine groups is 2. The van der Waals surface area contributed by atoms with Crippen LogP contribution in [0, 0.1) is 0 Å². The molecule has 0 aromatic carbocycles. The van der Waals surface area contributed by atoms with Crippen molar-refractivity contribution in [2.24, 2.45) is 5.73 Å². The Hall–Kier alpha value is -1.95. The lowest BCUT2D eigenvalue weighted by molar-refractivity contribution is -0.168. The molecule has 0 atom stereocenters. The summed E-state index contributed by atoms with van der Waals surface area (Å²) in [7, 11) is 0. The average Bonchev–Trinajstić information content (AvgIpc) is 2.18. The molecule has 6 nitrogen and oxygen atoms in total. The van der Waals surface area contributed by atoms with E-state index in [9.17, 15) is 14.8 Å². The molecule has 0 bridgehead atoms. The summed E-state index contributed by atoms with van der Waals surface area (Å²) in [5.41, 5.74) is 5.34. The summed E-state index contributed by atoms with van der Waals surface area (Å²) >= 11 is 0. The lowest BCUT2D eigenvalue weighted by atomic mass is 10.3. The third kappa shape index (κ3) is 3.74. The van der Waals surface area contributed by atoms with Gasteiger partial charge in [0.05, 0.1) is 12.2 Å². The van der Waals surface area contributed by atoms with E-state index in [0.29, 0.717) is 10.8 Å². The molecule has 0 spiro atoms. The Labute approximate surface area is 86.3 Å². The van der Waals surface area contributed by atoms with Crippen LogP contribution in [0.15, 0.2) is 24.4 Å². The van der Waals surface area contributed by atoms with Gasteiger partial charge < -0.3 is 5.73 Å². The molecule has 1 heterocycles. The van der Waals surface area contributed by atoms with Crippen molar-refractivity contribution in [2.45, 2.75) is 13.0 Å². The molecular formula is C9H11N3O3. The number of carbonyl (C=O) groups is 2. The summed E-state index contributed by atoms with van der Waals surface area (Å²) in [6.45, 7) is -0.0625. The van der Waals surface area contributed by atoms with Crippen molar-refractivity contribution >= 4 is 11.8 Å². The van der Waals surface area contributed by atoms with E-state index in [0.717, 1.165) is 0 Å². The number of carbonyl (C=O) groups excluding carboxylic acids is 2. The quantitative estimate of drug-likeness (QED) is 0.403. The second-order valence-electron chi connectivity index (χ2n) is 2.92. The van der Waals surface area contributed by atoms with Crippen LogP contribution in [0.4, 0.5) is 0 Å². The number of aromatic nitrogens is 1. The van der Waals surface area contributed by atoms with Gasteiger partial charge in [-0.1, -0.05) is 6.07 Å².